The molecule has 0 saturated heterocycles. The largest absolute Gasteiger partial charge is 0.445 e. The van der Waals surface area contributed by atoms with E-state index >= 15 is 0 Å². The van der Waals surface area contributed by atoms with Gasteiger partial charge in [-0.15, -0.1) is 11.3 Å². The predicted octanol–water partition coefficient (Wildman–Crippen LogP) is 2.98. The third kappa shape index (κ3) is 7.03. The molecular weight excluding hydrogens is 450 g/mol. The Bertz CT molecular complexity index is 1150. The lowest BCUT2D eigenvalue weighted by Gasteiger charge is -2.23. The van der Waals surface area contributed by atoms with Gasteiger partial charge in [0.05, 0.1) is 22.5 Å². The number of hydrogen-bond donors (Lipinski definition) is 1. The number of thiazole rings is 1. The van der Waals surface area contributed by atoms with E-state index in [9.17, 15) is 18.0 Å². The van der Waals surface area contributed by atoms with Gasteiger partial charge < -0.3 is 15.0 Å². The van der Waals surface area contributed by atoms with Gasteiger partial charge in [0, 0.05) is 13.3 Å². The van der Waals surface area contributed by atoms with Crippen LogP contribution in [0.4, 0.5) is 4.79 Å². The third-order valence-electron chi connectivity index (χ3n) is 4.67. The van der Waals surface area contributed by atoms with Crippen LogP contribution in [0.15, 0.2) is 54.6 Å². The quantitative estimate of drug-likeness (QED) is 0.510. The number of nitrogens with one attached hydrogen (secondary N) is 1. The summed E-state index contributed by atoms with van der Waals surface area (Å²) in [4.78, 5) is 31.3. The molecule has 0 aliphatic heterocycles. The van der Waals surface area contributed by atoms with Crippen molar-refractivity contribution in [2.24, 2.45) is 0 Å². The van der Waals surface area contributed by atoms with Gasteiger partial charge in [-0.05, 0) is 24.1 Å². The number of aromatic nitrogens is 1. The Hall–Kier alpha value is -2.98. The van der Waals surface area contributed by atoms with Crippen LogP contribution >= 0.6 is 11.3 Å². The second-order valence-electron chi connectivity index (χ2n) is 7.45. The van der Waals surface area contributed by atoms with E-state index in [1.165, 1.54) is 16.2 Å². The highest BCUT2D eigenvalue weighted by Crippen LogP contribution is 2.22. The van der Waals surface area contributed by atoms with Gasteiger partial charge in [-0.2, -0.15) is 0 Å². The predicted molar refractivity (Wildman–Crippen MR) is 124 cm³/mol. The van der Waals surface area contributed by atoms with Crippen LogP contribution in [-0.2, 0) is 32.5 Å². The fraction of sp³-hybridized carbons (Fsp3) is 0.318. The number of alkyl carbamates (subject to hydrolysis) is 1. The Labute approximate surface area is 191 Å². The number of nitrogens with zero attached hydrogens (tertiary/aromatic N) is 2. The van der Waals surface area contributed by atoms with Gasteiger partial charge in [0.2, 0.25) is 5.91 Å². The van der Waals surface area contributed by atoms with Crippen LogP contribution in [0.2, 0.25) is 0 Å². The molecule has 32 heavy (non-hydrogen) atoms. The van der Waals surface area contributed by atoms with Crippen LogP contribution in [-0.4, -0.2) is 55.4 Å². The average molecular weight is 476 g/mol. The van der Waals surface area contributed by atoms with Crippen LogP contribution in [0.1, 0.15) is 17.0 Å². The summed E-state index contributed by atoms with van der Waals surface area (Å²) in [5, 5.41) is 3.26. The van der Waals surface area contributed by atoms with E-state index in [4.69, 9.17) is 4.74 Å². The molecule has 1 heterocycles. The summed E-state index contributed by atoms with van der Waals surface area (Å²) in [7, 11) is -1.72. The normalized spacial score (nSPS) is 12.3. The zero-order chi connectivity index (χ0) is 23.1. The van der Waals surface area contributed by atoms with E-state index in [2.05, 4.69) is 10.3 Å². The van der Waals surface area contributed by atoms with Crippen LogP contribution < -0.4 is 5.32 Å². The van der Waals surface area contributed by atoms with Crippen molar-refractivity contribution in [1.82, 2.24) is 15.2 Å². The summed E-state index contributed by atoms with van der Waals surface area (Å²) in [6.45, 7) is 0.287. The molecule has 0 fully saturated rings. The Morgan fingerprint density at radius 1 is 1.12 bits per heavy atom. The molecule has 3 rings (SSSR count). The summed E-state index contributed by atoms with van der Waals surface area (Å²) in [6, 6.07) is 15.8. The lowest BCUT2D eigenvalue weighted by atomic mass is 10.2. The molecule has 8 nitrogen and oxygen atoms in total. The van der Waals surface area contributed by atoms with Gasteiger partial charge in [-0.1, -0.05) is 42.5 Å². The number of hydrogen-bond acceptors (Lipinski definition) is 7. The molecule has 2 amide bonds. The lowest BCUT2D eigenvalue weighted by molar-refractivity contribution is -0.132. The molecule has 0 bridgehead atoms. The molecule has 10 heteroatoms. The number of rotatable bonds is 9. The van der Waals surface area contributed by atoms with Crippen molar-refractivity contribution in [3.63, 3.8) is 0 Å². The molecule has 0 radical (unpaired) electrons. The number of sulfone groups is 1. The number of benzene rings is 2. The first-order chi connectivity index (χ1) is 15.2. The molecule has 0 saturated carbocycles. The van der Waals surface area contributed by atoms with Gasteiger partial charge in [0.25, 0.3) is 0 Å². The minimum absolute atomic E-state index is 0.0429. The molecule has 2 aromatic carbocycles. The fourth-order valence-electron chi connectivity index (χ4n) is 3.03. The Morgan fingerprint density at radius 2 is 1.81 bits per heavy atom. The van der Waals surface area contributed by atoms with E-state index in [0.29, 0.717) is 0 Å². The monoisotopic (exact) mass is 475 g/mol. The Kier molecular flexibility index (Phi) is 7.81. The van der Waals surface area contributed by atoms with Crippen molar-refractivity contribution >= 4 is 43.4 Å². The van der Waals surface area contributed by atoms with Crippen molar-refractivity contribution in [3.05, 3.63) is 65.2 Å². The fourth-order valence-corrected chi connectivity index (χ4v) is 4.72. The SMILES string of the molecule is CN(Cc1nc2ccccc2s1)C(=O)C(CCS(C)(=O)=O)NC(=O)OCc1ccccc1. The van der Waals surface area contributed by atoms with E-state index in [-0.39, 0.29) is 25.3 Å². The second-order valence-corrected chi connectivity index (χ2v) is 10.8. The molecule has 0 aliphatic carbocycles. The van der Waals surface area contributed by atoms with E-state index in [1.807, 2.05) is 54.6 Å². The summed E-state index contributed by atoms with van der Waals surface area (Å²) < 4.78 is 29.5. The van der Waals surface area contributed by atoms with Gasteiger partial charge in [-0.25, -0.2) is 18.2 Å². The van der Waals surface area contributed by atoms with Gasteiger partial charge in [-0.3, -0.25) is 4.79 Å². The number of amides is 2. The molecule has 3 aromatic rings. The number of likely N-dealkylation sites (N-methyl/N-ethyl adjacent to an activating group) is 1. The van der Waals surface area contributed by atoms with E-state index in [1.54, 1.807) is 7.05 Å². The summed E-state index contributed by atoms with van der Waals surface area (Å²) in [6.07, 6.45) is 0.254. The van der Waals surface area contributed by atoms with Crippen molar-refractivity contribution < 1.29 is 22.7 Å². The summed E-state index contributed by atoms with van der Waals surface area (Å²) in [5.74, 6) is -0.651. The molecular formula is C22H25N3O5S2. The minimum atomic E-state index is -3.32. The molecule has 1 atom stereocenters. The minimum Gasteiger partial charge on any atom is -0.445 e. The first-order valence-corrected chi connectivity index (χ1v) is 12.8. The van der Waals surface area contributed by atoms with Crippen molar-refractivity contribution in [3.8, 4) is 0 Å². The van der Waals surface area contributed by atoms with Crippen molar-refractivity contribution in [2.45, 2.75) is 25.6 Å². The zero-order valence-corrected chi connectivity index (χ0v) is 19.5. The molecule has 0 aliphatic rings. The van der Waals surface area contributed by atoms with Gasteiger partial charge >= 0.3 is 6.09 Å². The average Bonchev–Trinajstić information content (AvgIpc) is 3.17. The third-order valence-corrected chi connectivity index (χ3v) is 6.67. The molecule has 1 unspecified atom stereocenters. The lowest BCUT2D eigenvalue weighted by Crippen LogP contribution is -2.48. The maximum Gasteiger partial charge on any atom is 0.408 e. The smallest absolute Gasteiger partial charge is 0.408 e. The highest BCUT2D eigenvalue weighted by Gasteiger charge is 2.26. The summed E-state index contributed by atoms with van der Waals surface area (Å²) in [5.41, 5.74) is 1.65. The standard InChI is InChI=1S/C22H25N3O5S2/c1-25(14-20-23-17-10-6-7-11-19(17)31-20)21(26)18(12-13-32(2,28)29)24-22(27)30-15-16-8-4-3-5-9-16/h3-11,18H,12-15H2,1-2H3,(H,24,27). The zero-order valence-electron chi connectivity index (χ0n) is 17.9. The molecule has 0 spiro atoms. The number of fused-ring (bicyclic) bond motifs is 1. The molecule has 170 valence electrons. The highest BCUT2D eigenvalue weighted by molar-refractivity contribution is 7.90. The highest BCUT2D eigenvalue weighted by atomic mass is 32.2. The van der Waals surface area contributed by atoms with Crippen LogP contribution in [0.5, 0.6) is 0 Å². The van der Waals surface area contributed by atoms with Gasteiger partial charge in [0.15, 0.2) is 0 Å². The molecule has 1 aromatic heterocycles. The number of carbonyl (C=O) groups excluding carboxylic acids is 2. The van der Waals surface area contributed by atoms with Crippen LogP contribution in [0.3, 0.4) is 0 Å². The maximum absolute atomic E-state index is 13.0. The van der Waals surface area contributed by atoms with Gasteiger partial charge in [0.1, 0.15) is 27.5 Å². The first-order valence-electron chi connectivity index (χ1n) is 9.95. The number of ether oxygens (including phenoxy) is 1. The van der Waals surface area contributed by atoms with Crippen molar-refractivity contribution in [1.29, 1.82) is 0 Å². The summed E-state index contributed by atoms with van der Waals surface area (Å²) >= 11 is 1.48. The van der Waals surface area contributed by atoms with Crippen LogP contribution in [0.25, 0.3) is 10.2 Å². The molecule has 1 N–H and O–H groups in total. The van der Waals surface area contributed by atoms with Crippen LogP contribution in [0, 0.1) is 0 Å². The Balaban J connectivity index is 1.65. The Morgan fingerprint density at radius 3 is 2.50 bits per heavy atom. The topological polar surface area (TPSA) is 106 Å². The first kappa shape index (κ1) is 23.7. The van der Waals surface area contributed by atoms with Crippen molar-refractivity contribution in [2.75, 3.05) is 19.1 Å². The second kappa shape index (κ2) is 10.6. The van der Waals surface area contributed by atoms with E-state index in [0.717, 1.165) is 27.0 Å². The maximum atomic E-state index is 13.0. The van der Waals surface area contributed by atoms with E-state index < -0.39 is 27.9 Å². The number of carbonyl (C=O) groups is 2. The number of para-hydroxylation sites is 1.